The van der Waals surface area contributed by atoms with Gasteiger partial charge >= 0.3 is 0 Å². The van der Waals surface area contributed by atoms with Gasteiger partial charge in [0.1, 0.15) is 12.4 Å². The second-order valence-corrected chi connectivity index (χ2v) is 6.95. The van der Waals surface area contributed by atoms with Crippen molar-refractivity contribution in [1.82, 2.24) is 4.98 Å². The Hall–Kier alpha value is -3.19. The number of hydrogen-bond donors (Lipinski definition) is 2. The van der Waals surface area contributed by atoms with E-state index in [0.717, 1.165) is 10.7 Å². The molecule has 0 radical (unpaired) electrons. The number of amides is 2. The van der Waals surface area contributed by atoms with Gasteiger partial charge in [0.2, 0.25) is 5.91 Å². The van der Waals surface area contributed by atoms with Gasteiger partial charge in [0.05, 0.1) is 10.7 Å². The molecule has 3 rings (SSSR count). The summed E-state index contributed by atoms with van der Waals surface area (Å²) in [5.74, 6) is 0.225. The van der Waals surface area contributed by atoms with Crippen molar-refractivity contribution in [1.29, 1.82) is 0 Å². The van der Waals surface area contributed by atoms with E-state index in [9.17, 15) is 9.59 Å². The summed E-state index contributed by atoms with van der Waals surface area (Å²) in [4.78, 5) is 27.9. The Balaban J connectivity index is 1.61. The lowest BCUT2D eigenvalue weighted by Crippen LogP contribution is -2.12. The molecule has 2 N–H and O–H groups in total. The van der Waals surface area contributed by atoms with Crippen LogP contribution in [0.4, 0.5) is 11.4 Å². The first kappa shape index (κ1) is 18.6. The van der Waals surface area contributed by atoms with E-state index in [4.69, 9.17) is 4.74 Å². The summed E-state index contributed by atoms with van der Waals surface area (Å²) < 4.78 is 5.72. The van der Waals surface area contributed by atoms with Gasteiger partial charge in [-0.2, -0.15) is 0 Å². The zero-order chi connectivity index (χ0) is 19.2. The molecule has 6 nitrogen and oxygen atoms in total. The number of anilines is 2. The lowest BCUT2D eigenvalue weighted by atomic mass is 10.2. The fourth-order valence-corrected chi connectivity index (χ4v) is 3.00. The molecule has 1 aromatic heterocycles. The van der Waals surface area contributed by atoms with Gasteiger partial charge in [0, 0.05) is 29.2 Å². The van der Waals surface area contributed by atoms with Crippen molar-refractivity contribution < 1.29 is 14.3 Å². The molecule has 2 aromatic carbocycles. The number of thiazole rings is 1. The Bertz CT molecular complexity index is 951. The number of rotatable bonds is 6. The molecule has 0 unspecified atom stereocenters. The summed E-state index contributed by atoms with van der Waals surface area (Å²) in [5.41, 5.74) is 2.67. The van der Waals surface area contributed by atoms with E-state index >= 15 is 0 Å². The molecule has 3 aromatic rings. The minimum Gasteiger partial charge on any atom is -0.487 e. The lowest BCUT2D eigenvalue weighted by molar-refractivity contribution is -0.114. The van der Waals surface area contributed by atoms with Crippen LogP contribution < -0.4 is 15.4 Å². The van der Waals surface area contributed by atoms with E-state index in [1.807, 2.05) is 12.3 Å². The first-order chi connectivity index (χ1) is 13.0. The highest BCUT2D eigenvalue weighted by Crippen LogP contribution is 2.18. The van der Waals surface area contributed by atoms with Crippen molar-refractivity contribution in [2.45, 2.75) is 20.5 Å². The minimum absolute atomic E-state index is 0.142. The van der Waals surface area contributed by atoms with Crippen molar-refractivity contribution in [2.24, 2.45) is 0 Å². The van der Waals surface area contributed by atoms with Crippen LogP contribution in [0.1, 0.15) is 28.0 Å². The number of hydrogen-bond acceptors (Lipinski definition) is 5. The van der Waals surface area contributed by atoms with Crippen molar-refractivity contribution in [3.63, 3.8) is 0 Å². The van der Waals surface area contributed by atoms with Gasteiger partial charge in [-0.1, -0.05) is 6.07 Å². The molecule has 1 heterocycles. The Morgan fingerprint density at radius 1 is 1.07 bits per heavy atom. The predicted octanol–water partition coefficient (Wildman–Crippen LogP) is 4.24. The molecule has 0 atom stereocenters. The van der Waals surface area contributed by atoms with Crippen molar-refractivity contribution >= 4 is 34.5 Å². The van der Waals surface area contributed by atoms with Crippen LogP contribution in [0.25, 0.3) is 0 Å². The molecule has 7 heteroatoms. The standard InChI is InChI=1S/C20H19N3O3S/c1-13(24)21-16-6-8-17(9-7-16)23-20(25)15-4-3-5-19(10-15)26-11-18-12-27-14(2)22-18/h3-10,12H,11H2,1-2H3,(H,21,24)(H,23,25). The zero-order valence-electron chi connectivity index (χ0n) is 15.0. The molecule has 0 spiro atoms. The molecule has 2 amide bonds. The molecular formula is C20H19N3O3S. The Morgan fingerprint density at radius 3 is 2.41 bits per heavy atom. The number of carbonyl (C=O) groups excluding carboxylic acids is 2. The van der Waals surface area contributed by atoms with Gasteiger partial charge in [-0.15, -0.1) is 11.3 Å². The maximum atomic E-state index is 12.5. The van der Waals surface area contributed by atoms with Crippen LogP contribution in [0.5, 0.6) is 5.75 Å². The van der Waals surface area contributed by atoms with E-state index in [1.54, 1.807) is 59.9 Å². The molecule has 0 aliphatic heterocycles. The van der Waals surface area contributed by atoms with Gasteiger partial charge in [-0.3, -0.25) is 9.59 Å². The third-order valence-electron chi connectivity index (χ3n) is 3.61. The van der Waals surface area contributed by atoms with Gasteiger partial charge in [0.15, 0.2) is 0 Å². The molecular weight excluding hydrogens is 362 g/mol. The van der Waals surface area contributed by atoms with Crippen LogP contribution in [0, 0.1) is 6.92 Å². The number of carbonyl (C=O) groups is 2. The Labute approximate surface area is 161 Å². The second-order valence-electron chi connectivity index (χ2n) is 5.89. The number of ether oxygens (including phenoxy) is 1. The summed E-state index contributed by atoms with van der Waals surface area (Å²) in [6, 6.07) is 13.9. The van der Waals surface area contributed by atoms with Crippen LogP contribution in [0.3, 0.4) is 0 Å². The molecule has 138 valence electrons. The van der Waals surface area contributed by atoms with Crippen LogP contribution in [-0.4, -0.2) is 16.8 Å². The Kier molecular flexibility index (Phi) is 5.83. The SMILES string of the molecule is CC(=O)Nc1ccc(NC(=O)c2cccc(OCc3csc(C)n3)c2)cc1. The van der Waals surface area contributed by atoms with Crippen LogP contribution >= 0.6 is 11.3 Å². The zero-order valence-corrected chi connectivity index (χ0v) is 15.8. The van der Waals surface area contributed by atoms with Crippen LogP contribution in [-0.2, 0) is 11.4 Å². The average molecular weight is 381 g/mol. The van der Waals surface area contributed by atoms with Crippen LogP contribution in [0.2, 0.25) is 0 Å². The highest BCUT2D eigenvalue weighted by atomic mass is 32.1. The summed E-state index contributed by atoms with van der Waals surface area (Å²) >= 11 is 1.57. The number of aryl methyl sites for hydroxylation is 1. The average Bonchev–Trinajstić information content (AvgIpc) is 3.07. The number of nitrogens with zero attached hydrogens (tertiary/aromatic N) is 1. The van der Waals surface area contributed by atoms with Gasteiger partial charge in [-0.25, -0.2) is 4.98 Å². The highest BCUT2D eigenvalue weighted by Gasteiger charge is 2.08. The number of aromatic nitrogens is 1. The fourth-order valence-electron chi connectivity index (χ4n) is 2.40. The molecule has 0 saturated heterocycles. The summed E-state index contributed by atoms with van der Waals surface area (Å²) in [6.45, 7) is 3.75. The monoisotopic (exact) mass is 381 g/mol. The first-order valence-electron chi connectivity index (χ1n) is 8.32. The molecule has 0 bridgehead atoms. The van der Waals surface area contributed by atoms with Crippen molar-refractivity contribution in [2.75, 3.05) is 10.6 Å². The third-order valence-corrected chi connectivity index (χ3v) is 4.43. The largest absolute Gasteiger partial charge is 0.487 e. The number of nitrogens with one attached hydrogen (secondary N) is 2. The topological polar surface area (TPSA) is 80.3 Å². The van der Waals surface area contributed by atoms with E-state index in [2.05, 4.69) is 15.6 Å². The summed E-state index contributed by atoms with van der Waals surface area (Å²) in [7, 11) is 0. The van der Waals surface area contributed by atoms with E-state index < -0.39 is 0 Å². The molecule has 0 fully saturated rings. The fraction of sp³-hybridized carbons (Fsp3) is 0.150. The molecule has 0 saturated carbocycles. The lowest BCUT2D eigenvalue weighted by Gasteiger charge is -2.09. The molecule has 27 heavy (non-hydrogen) atoms. The number of benzene rings is 2. The second kappa shape index (κ2) is 8.46. The van der Waals surface area contributed by atoms with E-state index in [-0.39, 0.29) is 11.8 Å². The van der Waals surface area contributed by atoms with Gasteiger partial charge < -0.3 is 15.4 Å². The normalized spacial score (nSPS) is 10.3. The smallest absolute Gasteiger partial charge is 0.255 e. The van der Waals surface area contributed by atoms with Gasteiger partial charge in [-0.05, 0) is 49.4 Å². The van der Waals surface area contributed by atoms with E-state index in [0.29, 0.717) is 29.3 Å². The van der Waals surface area contributed by atoms with Gasteiger partial charge in [0.25, 0.3) is 5.91 Å². The predicted molar refractivity (Wildman–Crippen MR) is 106 cm³/mol. The molecule has 0 aliphatic carbocycles. The van der Waals surface area contributed by atoms with E-state index in [1.165, 1.54) is 6.92 Å². The highest BCUT2D eigenvalue weighted by molar-refractivity contribution is 7.09. The maximum Gasteiger partial charge on any atom is 0.255 e. The quantitative estimate of drug-likeness (QED) is 0.669. The minimum atomic E-state index is -0.239. The summed E-state index contributed by atoms with van der Waals surface area (Å²) in [5, 5.41) is 8.45. The summed E-state index contributed by atoms with van der Waals surface area (Å²) in [6.07, 6.45) is 0. The van der Waals surface area contributed by atoms with Crippen LogP contribution in [0.15, 0.2) is 53.9 Å². The third kappa shape index (κ3) is 5.39. The molecule has 0 aliphatic rings. The Morgan fingerprint density at radius 2 is 1.78 bits per heavy atom. The maximum absolute atomic E-state index is 12.5. The van der Waals surface area contributed by atoms with Crippen molar-refractivity contribution in [3.8, 4) is 5.75 Å². The van der Waals surface area contributed by atoms with Crippen molar-refractivity contribution in [3.05, 3.63) is 70.2 Å². The first-order valence-corrected chi connectivity index (χ1v) is 9.20.